The molecule has 23 heavy (non-hydrogen) atoms. The van der Waals surface area contributed by atoms with Crippen LogP contribution in [0.1, 0.15) is 43.0 Å². The van der Waals surface area contributed by atoms with Gasteiger partial charge in [-0.1, -0.05) is 5.16 Å². The van der Waals surface area contributed by atoms with Crippen molar-refractivity contribution in [3.8, 4) is 0 Å². The van der Waals surface area contributed by atoms with Gasteiger partial charge in [-0.05, 0) is 49.9 Å². The molecule has 0 saturated heterocycles. The van der Waals surface area contributed by atoms with Gasteiger partial charge >= 0.3 is 0 Å². The second kappa shape index (κ2) is 5.04. The van der Waals surface area contributed by atoms with Crippen LogP contribution in [0.5, 0.6) is 0 Å². The number of nitrogens with zero attached hydrogens (tertiary/aromatic N) is 3. The second-order valence-electron chi connectivity index (χ2n) is 6.34. The zero-order valence-electron chi connectivity index (χ0n) is 12.8. The minimum Gasteiger partial charge on any atom is -0.359 e. The van der Waals surface area contributed by atoms with Gasteiger partial charge in [-0.15, -0.1) is 0 Å². The number of hydrogen-bond donors (Lipinski definition) is 1. The van der Waals surface area contributed by atoms with Crippen LogP contribution < -0.4 is 10.0 Å². The molecule has 1 aromatic carbocycles. The van der Waals surface area contributed by atoms with Crippen molar-refractivity contribution >= 4 is 15.7 Å². The average molecular weight is 334 g/mol. The van der Waals surface area contributed by atoms with E-state index in [2.05, 4.69) is 22.0 Å². The second-order valence-corrected chi connectivity index (χ2v) is 7.90. The minimum absolute atomic E-state index is 0.152. The molecular formula is C15H18N4O3S. The third-order valence-corrected chi connectivity index (χ3v) is 5.38. The minimum atomic E-state index is -3.68. The number of aromatic nitrogens is 2. The molecule has 0 radical (unpaired) electrons. The Balaban J connectivity index is 1.60. The maximum Gasteiger partial charge on any atom is 0.246 e. The summed E-state index contributed by atoms with van der Waals surface area (Å²) in [5.74, 6) is 1.87. The molecule has 1 unspecified atom stereocenters. The molecule has 2 aromatic rings. The number of anilines is 1. The van der Waals surface area contributed by atoms with E-state index < -0.39 is 10.0 Å². The van der Waals surface area contributed by atoms with E-state index >= 15 is 0 Å². The number of rotatable bonds is 4. The first kappa shape index (κ1) is 14.6. The quantitative estimate of drug-likeness (QED) is 0.910. The van der Waals surface area contributed by atoms with Crippen LogP contribution in [0.4, 0.5) is 5.69 Å². The number of sulfonamides is 1. The van der Waals surface area contributed by atoms with E-state index in [-0.39, 0.29) is 10.9 Å². The molecule has 2 N–H and O–H groups in total. The predicted octanol–water partition coefficient (Wildman–Crippen LogP) is 1.55. The Morgan fingerprint density at radius 1 is 1.39 bits per heavy atom. The lowest BCUT2D eigenvalue weighted by Crippen LogP contribution is -2.28. The summed E-state index contributed by atoms with van der Waals surface area (Å²) >= 11 is 0. The maximum atomic E-state index is 11.5. The van der Waals surface area contributed by atoms with Crippen LogP contribution in [0.15, 0.2) is 27.6 Å². The highest BCUT2D eigenvalue weighted by atomic mass is 32.2. The first-order valence-electron chi connectivity index (χ1n) is 7.66. The average Bonchev–Trinajstić information content (AvgIpc) is 3.15. The zero-order valence-corrected chi connectivity index (χ0v) is 13.6. The van der Waals surface area contributed by atoms with Crippen molar-refractivity contribution in [3.63, 3.8) is 0 Å². The fourth-order valence-corrected chi connectivity index (χ4v) is 3.64. The van der Waals surface area contributed by atoms with Crippen LogP contribution >= 0.6 is 0 Å². The molecule has 1 atom stereocenters. The van der Waals surface area contributed by atoms with Crippen molar-refractivity contribution in [2.24, 2.45) is 5.14 Å². The van der Waals surface area contributed by atoms with Crippen LogP contribution in [0.2, 0.25) is 0 Å². The summed E-state index contributed by atoms with van der Waals surface area (Å²) in [6, 6.07) is 5.24. The SMILES string of the molecule is CC1Cc2cc(S(N)(=O)=O)ccc2N1Cc1nc(C2CC2)no1. The molecule has 2 heterocycles. The zero-order chi connectivity index (χ0) is 16.2. The van der Waals surface area contributed by atoms with Crippen LogP contribution in [-0.2, 0) is 23.0 Å². The summed E-state index contributed by atoms with van der Waals surface area (Å²) in [7, 11) is -3.68. The highest BCUT2D eigenvalue weighted by Gasteiger charge is 2.31. The first-order chi connectivity index (χ1) is 10.9. The van der Waals surface area contributed by atoms with E-state index in [9.17, 15) is 8.42 Å². The molecule has 8 heteroatoms. The van der Waals surface area contributed by atoms with Crippen LogP contribution in [0.3, 0.4) is 0 Å². The smallest absolute Gasteiger partial charge is 0.246 e. The third-order valence-electron chi connectivity index (χ3n) is 4.47. The summed E-state index contributed by atoms with van der Waals surface area (Å²) in [4.78, 5) is 6.78. The lowest BCUT2D eigenvalue weighted by molar-refractivity contribution is 0.368. The Bertz CT molecular complexity index is 857. The molecule has 1 aliphatic heterocycles. The summed E-state index contributed by atoms with van der Waals surface area (Å²) in [5, 5.41) is 9.25. The van der Waals surface area contributed by atoms with Gasteiger partial charge in [0.25, 0.3) is 0 Å². The van der Waals surface area contributed by atoms with Gasteiger partial charge in [0.05, 0.1) is 11.4 Å². The molecular weight excluding hydrogens is 316 g/mol. The van der Waals surface area contributed by atoms with Gasteiger partial charge in [0.1, 0.15) is 0 Å². The van der Waals surface area contributed by atoms with Crippen molar-refractivity contribution in [1.82, 2.24) is 10.1 Å². The van der Waals surface area contributed by atoms with Crippen molar-refractivity contribution < 1.29 is 12.9 Å². The Morgan fingerprint density at radius 3 is 2.87 bits per heavy atom. The standard InChI is InChI=1S/C15H18N4O3S/c1-9-6-11-7-12(23(16,20)21)4-5-13(11)19(9)8-14-17-15(18-22-14)10-2-3-10/h4-5,7,9-10H,2-3,6,8H2,1H3,(H2,16,20,21). The fourth-order valence-electron chi connectivity index (χ4n) is 3.07. The van der Waals surface area contributed by atoms with Gasteiger partial charge in [-0.3, -0.25) is 0 Å². The normalized spacial score (nSPS) is 20.8. The Labute approximate surface area is 134 Å². The monoisotopic (exact) mass is 334 g/mol. The van der Waals surface area contributed by atoms with E-state index in [4.69, 9.17) is 9.66 Å². The number of hydrogen-bond acceptors (Lipinski definition) is 6. The highest BCUT2D eigenvalue weighted by Crippen LogP contribution is 2.39. The lowest BCUT2D eigenvalue weighted by atomic mass is 10.1. The molecule has 2 aliphatic rings. The van der Waals surface area contributed by atoms with Crippen LogP contribution in [0.25, 0.3) is 0 Å². The summed E-state index contributed by atoms with van der Waals surface area (Å²) in [6.45, 7) is 2.62. The molecule has 4 rings (SSSR count). The maximum absolute atomic E-state index is 11.5. The van der Waals surface area contributed by atoms with E-state index in [1.165, 1.54) is 0 Å². The van der Waals surface area contributed by atoms with E-state index in [1.54, 1.807) is 18.2 Å². The van der Waals surface area contributed by atoms with Crippen LogP contribution in [0, 0.1) is 0 Å². The Hall–Kier alpha value is -1.93. The molecule has 1 aromatic heterocycles. The third kappa shape index (κ3) is 2.72. The Morgan fingerprint density at radius 2 is 2.17 bits per heavy atom. The lowest BCUT2D eigenvalue weighted by Gasteiger charge is -2.22. The number of nitrogens with two attached hydrogens (primary N) is 1. The molecule has 1 saturated carbocycles. The predicted molar refractivity (Wildman–Crippen MR) is 83.4 cm³/mol. The fraction of sp³-hybridized carbons (Fsp3) is 0.467. The van der Waals surface area contributed by atoms with Gasteiger partial charge in [-0.2, -0.15) is 4.98 Å². The number of benzene rings is 1. The molecule has 122 valence electrons. The van der Waals surface area contributed by atoms with Gasteiger partial charge in [0, 0.05) is 17.6 Å². The van der Waals surface area contributed by atoms with Gasteiger partial charge in [0.15, 0.2) is 5.82 Å². The molecule has 0 spiro atoms. The van der Waals surface area contributed by atoms with Crippen LogP contribution in [-0.4, -0.2) is 24.6 Å². The summed E-state index contributed by atoms with van der Waals surface area (Å²) in [5.41, 5.74) is 1.97. The van der Waals surface area contributed by atoms with E-state index in [1.807, 2.05) is 0 Å². The first-order valence-corrected chi connectivity index (χ1v) is 9.21. The van der Waals surface area contributed by atoms with E-state index in [0.29, 0.717) is 18.4 Å². The summed E-state index contributed by atoms with van der Waals surface area (Å²) in [6.07, 6.45) is 3.04. The van der Waals surface area contributed by atoms with Crippen molar-refractivity contribution in [2.45, 2.75) is 49.6 Å². The van der Waals surface area contributed by atoms with Gasteiger partial charge in [-0.25, -0.2) is 13.6 Å². The van der Waals surface area contributed by atoms with Gasteiger partial charge in [0.2, 0.25) is 15.9 Å². The molecule has 1 aliphatic carbocycles. The van der Waals surface area contributed by atoms with Crippen molar-refractivity contribution in [3.05, 3.63) is 35.5 Å². The topological polar surface area (TPSA) is 102 Å². The Kier molecular flexibility index (Phi) is 3.21. The van der Waals surface area contributed by atoms with Crippen molar-refractivity contribution in [2.75, 3.05) is 4.90 Å². The molecule has 0 bridgehead atoms. The highest BCUT2D eigenvalue weighted by molar-refractivity contribution is 7.89. The number of primary sulfonamides is 1. The molecule has 1 fully saturated rings. The van der Waals surface area contributed by atoms with E-state index in [0.717, 1.165) is 36.3 Å². The number of fused-ring (bicyclic) bond motifs is 1. The molecule has 0 amide bonds. The largest absolute Gasteiger partial charge is 0.359 e. The van der Waals surface area contributed by atoms with Crippen molar-refractivity contribution in [1.29, 1.82) is 0 Å². The van der Waals surface area contributed by atoms with Gasteiger partial charge < -0.3 is 9.42 Å². The summed E-state index contributed by atoms with van der Waals surface area (Å²) < 4.78 is 28.3. The molecule has 7 nitrogen and oxygen atoms in total.